The Morgan fingerprint density at radius 1 is 0.830 bits per heavy atom. The predicted molar refractivity (Wildman–Crippen MR) is 226 cm³/mol. The first-order valence-corrected chi connectivity index (χ1v) is 22.2. The molecule has 8 aromatic rings. The van der Waals surface area contributed by atoms with Gasteiger partial charge in [-0.05, 0) is 83.5 Å². The minimum Gasteiger partial charge on any atom is -0.333 e. The molecule has 0 aliphatic carbocycles. The topological polar surface area (TPSA) is 30.7 Å². The molecule has 0 aliphatic heterocycles. The number of hydrogen-bond acceptors (Lipinski definition) is 3. The van der Waals surface area contributed by atoms with Crippen LogP contribution in [0.2, 0.25) is 19.6 Å². The molecule has 53 heavy (non-hydrogen) atoms. The zero-order valence-electron chi connectivity index (χ0n) is 33.3. The Bertz CT molecular complexity index is 2530. The van der Waals surface area contributed by atoms with Crippen molar-refractivity contribution in [2.45, 2.75) is 53.7 Å². The third-order valence-corrected chi connectivity index (χ3v) is 12.1. The van der Waals surface area contributed by atoms with Crippen molar-refractivity contribution in [3.05, 3.63) is 156 Å². The monoisotopic (exact) mass is 906 g/mol. The van der Waals surface area contributed by atoms with Gasteiger partial charge in [0, 0.05) is 34.7 Å². The van der Waals surface area contributed by atoms with Crippen LogP contribution in [-0.2, 0) is 26.5 Å². The summed E-state index contributed by atoms with van der Waals surface area (Å²) < 4.78 is 20.6. The molecule has 6 heteroatoms. The second-order valence-corrected chi connectivity index (χ2v) is 20.6. The van der Waals surface area contributed by atoms with Crippen LogP contribution in [0.5, 0.6) is 0 Å². The van der Waals surface area contributed by atoms with E-state index in [4.69, 9.17) is 7.73 Å². The molecule has 269 valence electrons. The molecule has 3 nitrogen and oxygen atoms in total. The fourth-order valence-electron chi connectivity index (χ4n) is 6.70. The maximum atomic E-state index is 8.67. The van der Waals surface area contributed by atoms with Crippen LogP contribution in [0.25, 0.3) is 60.6 Å². The number of thiophene rings is 1. The number of nitrogens with zero attached hydrogens (tertiary/aromatic N) is 3. The van der Waals surface area contributed by atoms with E-state index in [2.05, 4.69) is 109 Å². The Balaban J connectivity index is 0.000000254. The summed E-state index contributed by atoms with van der Waals surface area (Å²) in [5.74, 6) is 0.690. The molecule has 0 atom stereocenters. The van der Waals surface area contributed by atoms with Gasteiger partial charge in [0.15, 0.2) is 0 Å². The van der Waals surface area contributed by atoms with Gasteiger partial charge in [-0.1, -0.05) is 121 Å². The summed E-state index contributed by atoms with van der Waals surface area (Å²) in [5, 5.41) is 5.90. The summed E-state index contributed by atoms with van der Waals surface area (Å²) in [6.07, 6.45) is 0.595. The summed E-state index contributed by atoms with van der Waals surface area (Å²) in [5.41, 5.74) is 11.6. The molecule has 0 N–H and O–H groups in total. The maximum absolute atomic E-state index is 8.67. The Labute approximate surface area is 336 Å². The van der Waals surface area contributed by atoms with E-state index in [1.54, 1.807) is 11.3 Å². The Morgan fingerprint density at radius 3 is 2.21 bits per heavy atom. The molecule has 0 spiro atoms. The Hall–Kier alpha value is -4.45. The SMILES string of the molecule is C[Si](C)(C)c1ccc(-c2[c-]cccc2)nc1.[2H]C([2H])(c1ccc2s[c-]c(-c3nc4ccccc4n3-c3cc(C)c(-c4ccccc4)c(C)c3)c2c1)C(C)C.[Ir]. The van der Waals surface area contributed by atoms with Crippen LogP contribution in [-0.4, -0.2) is 22.6 Å². The standard InChI is InChI=1S/C33H29N2S.C14H16NSi.Ir/c1-21(2)16-24-14-15-31-27(19-24)28(20-36-31)33-34-29-12-8-9-13-30(29)35(33)26-17-22(3)32(23(4)18-26)25-10-6-5-7-11-25;1-16(2,3)13-9-10-14(15-11-13)12-7-5-4-6-8-12;/h5-15,17-19,21H,16H2,1-4H3;4-7,9-11H,1-3H3;/q2*-1;/i16D2;;. The van der Waals surface area contributed by atoms with Crippen molar-refractivity contribution in [2.75, 3.05) is 0 Å². The minimum atomic E-state index is -1.42. The number of pyridine rings is 1. The van der Waals surface area contributed by atoms with E-state index >= 15 is 0 Å². The van der Waals surface area contributed by atoms with E-state index in [1.165, 1.54) is 27.4 Å². The molecule has 0 unspecified atom stereocenters. The summed E-state index contributed by atoms with van der Waals surface area (Å²) in [7, 11) is -1.23. The first kappa shape index (κ1) is 35.6. The number of aryl methyl sites for hydroxylation is 2. The fourth-order valence-corrected chi connectivity index (χ4v) is 8.55. The first-order chi connectivity index (χ1) is 25.8. The van der Waals surface area contributed by atoms with E-state index in [1.807, 2.05) is 86.8 Å². The average Bonchev–Trinajstić information content (AvgIpc) is 3.76. The minimum absolute atomic E-state index is 0. The van der Waals surface area contributed by atoms with Crippen LogP contribution in [0, 0.1) is 31.2 Å². The molecule has 0 amide bonds. The Kier molecular flexibility index (Phi) is 10.9. The molecule has 0 saturated heterocycles. The zero-order chi connectivity index (χ0) is 38.2. The Morgan fingerprint density at radius 2 is 1.55 bits per heavy atom. The van der Waals surface area contributed by atoms with Gasteiger partial charge in [-0.25, -0.2) is 0 Å². The third kappa shape index (κ3) is 8.37. The predicted octanol–water partition coefficient (Wildman–Crippen LogP) is 12.3. The molecule has 0 saturated carbocycles. The molecule has 1 radical (unpaired) electrons. The zero-order valence-corrected chi connectivity index (χ0v) is 35.5. The van der Waals surface area contributed by atoms with Gasteiger partial charge in [-0.3, -0.25) is 16.3 Å². The van der Waals surface area contributed by atoms with Gasteiger partial charge < -0.3 is 9.55 Å². The van der Waals surface area contributed by atoms with Crippen LogP contribution in [0.15, 0.2) is 128 Å². The van der Waals surface area contributed by atoms with Crippen molar-refractivity contribution in [2.24, 2.45) is 5.92 Å². The molecule has 0 aliphatic rings. The van der Waals surface area contributed by atoms with Crippen molar-refractivity contribution < 1.29 is 22.8 Å². The van der Waals surface area contributed by atoms with E-state index < -0.39 is 14.4 Å². The van der Waals surface area contributed by atoms with Gasteiger partial charge in [0.25, 0.3) is 0 Å². The summed E-state index contributed by atoms with van der Waals surface area (Å²) in [6, 6.07) is 44.6. The van der Waals surface area contributed by atoms with Crippen molar-refractivity contribution in [3.8, 4) is 39.5 Å². The maximum Gasteiger partial charge on any atom is 0.0795 e. The number of rotatable bonds is 7. The average molecular weight is 906 g/mol. The van der Waals surface area contributed by atoms with Crippen molar-refractivity contribution in [1.29, 1.82) is 0 Å². The first-order valence-electron chi connectivity index (χ1n) is 18.9. The number of aromatic nitrogens is 3. The fraction of sp³-hybridized carbons (Fsp3) is 0.191. The smallest absolute Gasteiger partial charge is 0.0795 e. The van der Waals surface area contributed by atoms with Crippen molar-refractivity contribution in [3.63, 3.8) is 0 Å². The van der Waals surface area contributed by atoms with Gasteiger partial charge >= 0.3 is 0 Å². The quantitative estimate of drug-likeness (QED) is 0.118. The molecule has 3 aromatic heterocycles. The van der Waals surface area contributed by atoms with E-state index in [0.717, 1.165) is 49.5 Å². The van der Waals surface area contributed by atoms with Crippen LogP contribution in [0.1, 0.15) is 33.3 Å². The van der Waals surface area contributed by atoms with Crippen LogP contribution < -0.4 is 5.19 Å². The molecular formula is C47H45IrN3SSi-2. The van der Waals surface area contributed by atoms with Gasteiger partial charge in [0.1, 0.15) is 0 Å². The van der Waals surface area contributed by atoms with E-state index in [9.17, 15) is 0 Å². The number of benzene rings is 5. The normalized spacial score (nSPS) is 12.2. The second kappa shape index (κ2) is 16.3. The van der Waals surface area contributed by atoms with Crippen LogP contribution in [0.4, 0.5) is 0 Å². The summed E-state index contributed by atoms with van der Waals surface area (Å²) in [6.45, 7) is 15.2. The molecule has 0 fully saturated rings. The molecule has 5 aromatic carbocycles. The molecule has 3 heterocycles. The number of hydrogen-bond donors (Lipinski definition) is 0. The second-order valence-electron chi connectivity index (χ2n) is 14.6. The number of fused-ring (bicyclic) bond motifs is 2. The van der Waals surface area contributed by atoms with E-state index in [-0.39, 0.29) is 26.0 Å². The van der Waals surface area contributed by atoms with Crippen LogP contribution in [0.3, 0.4) is 0 Å². The number of imidazole rings is 1. The molecule has 0 bridgehead atoms. The third-order valence-electron chi connectivity index (χ3n) is 9.20. The molecule has 8 rings (SSSR count). The van der Waals surface area contributed by atoms with Gasteiger partial charge in [-0.15, -0.1) is 47.3 Å². The van der Waals surface area contributed by atoms with Crippen molar-refractivity contribution in [1.82, 2.24) is 14.5 Å². The van der Waals surface area contributed by atoms with Crippen LogP contribution >= 0.6 is 11.3 Å². The number of para-hydroxylation sites is 2. The van der Waals surface area contributed by atoms with Gasteiger partial charge in [0.05, 0.1) is 24.9 Å². The molecular weight excluding hydrogens is 859 g/mol. The summed E-state index contributed by atoms with van der Waals surface area (Å²) >= 11 is 1.56. The van der Waals surface area contributed by atoms with E-state index in [0.29, 0.717) is 5.56 Å². The van der Waals surface area contributed by atoms with Gasteiger partial charge in [-0.2, -0.15) is 0 Å². The van der Waals surface area contributed by atoms with Crippen molar-refractivity contribution >= 4 is 45.7 Å². The summed E-state index contributed by atoms with van der Waals surface area (Å²) in [4.78, 5) is 9.61. The largest absolute Gasteiger partial charge is 0.333 e. The van der Waals surface area contributed by atoms with Gasteiger partial charge in [0.2, 0.25) is 0 Å².